The molecule has 28 heavy (non-hydrogen) atoms. The van der Waals surface area contributed by atoms with Gasteiger partial charge < -0.3 is 25.4 Å². The van der Waals surface area contributed by atoms with E-state index in [0.29, 0.717) is 35.3 Å². The van der Waals surface area contributed by atoms with Gasteiger partial charge in [0, 0.05) is 6.20 Å². The van der Waals surface area contributed by atoms with Crippen LogP contribution in [0.25, 0.3) is 5.65 Å². The molecule has 0 bridgehead atoms. The first-order chi connectivity index (χ1) is 13.5. The largest absolute Gasteiger partial charge is 0.489 e. The van der Waals surface area contributed by atoms with Gasteiger partial charge in [-0.1, -0.05) is 19.3 Å². The van der Waals surface area contributed by atoms with Gasteiger partial charge in [0.25, 0.3) is 5.91 Å². The summed E-state index contributed by atoms with van der Waals surface area (Å²) < 4.78 is 7.69. The number of amides is 1. The summed E-state index contributed by atoms with van der Waals surface area (Å²) in [5.41, 5.74) is 1.38. The fraction of sp³-hybridized carbons (Fsp3) is 0.600. The van der Waals surface area contributed by atoms with Crippen molar-refractivity contribution in [1.82, 2.24) is 14.7 Å². The smallest absolute Gasteiger partial charge is 0.270 e. The first kappa shape index (κ1) is 20.6. The molecule has 3 rings (SSSR count). The third-order valence-electron chi connectivity index (χ3n) is 5.37. The first-order valence-corrected chi connectivity index (χ1v) is 9.86. The van der Waals surface area contributed by atoms with Crippen LogP contribution in [-0.4, -0.2) is 62.6 Å². The maximum Gasteiger partial charge on any atom is 0.270 e. The Labute approximate surface area is 164 Å². The molecule has 4 N–H and O–H groups in total. The van der Waals surface area contributed by atoms with Crippen molar-refractivity contribution in [3.05, 3.63) is 29.7 Å². The number of aliphatic hydroxyl groups excluding tert-OH is 3. The second-order valence-electron chi connectivity index (χ2n) is 7.44. The fourth-order valence-corrected chi connectivity index (χ4v) is 3.73. The van der Waals surface area contributed by atoms with Crippen molar-refractivity contribution in [2.45, 2.75) is 51.2 Å². The minimum Gasteiger partial charge on any atom is -0.489 e. The number of hydrogen-bond acceptors (Lipinski definition) is 6. The highest BCUT2D eigenvalue weighted by Crippen LogP contribution is 2.27. The van der Waals surface area contributed by atoms with E-state index >= 15 is 0 Å². The molecule has 0 spiro atoms. The van der Waals surface area contributed by atoms with E-state index in [0.717, 1.165) is 0 Å². The lowest BCUT2D eigenvalue weighted by Crippen LogP contribution is -2.47. The predicted molar refractivity (Wildman–Crippen MR) is 103 cm³/mol. The van der Waals surface area contributed by atoms with Crippen LogP contribution in [0, 0.1) is 12.8 Å². The quantitative estimate of drug-likeness (QED) is 0.534. The Hall–Kier alpha value is -2.16. The van der Waals surface area contributed by atoms with E-state index in [-0.39, 0.29) is 0 Å². The second kappa shape index (κ2) is 9.36. The van der Waals surface area contributed by atoms with Gasteiger partial charge in [-0.3, -0.25) is 9.20 Å². The van der Waals surface area contributed by atoms with E-state index in [4.69, 9.17) is 9.84 Å². The zero-order valence-corrected chi connectivity index (χ0v) is 16.2. The van der Waals surface area contributed by atoms with Crippen LogP contribution >= 0.6 is 0 Å². The summed E-state index contributed by atoms with van der Waals surface area (Å²) in [5, 5.41) is 30.7. The maximum absolute atomic E-state index is 12.7. The monoisotopic (exact) mass is 391 g/mol. The van der Waals surface area contributed by atoms with Gasteiger partial charge in [0.15, 0.2) is 11.4 Å². The molecule has 0 saturated heterocycles. The number of carbonyl (C=O) groups is 1. The van der Waals surface area contributed by atoms with E-state index in [1.54, 1.807) is 23.6 Å². The molecule has 1 aliphatic carbocycles. The molecule has 1 amide bonds. The Morgan fingerprint density at radius 2 is 2.07 bits per heavy atom. The van der Waals surface area contributed by atoms with Crippen molar-refractivity contribution in [3.8, 4) is 5.75 Å². The van der Waals surface area contributed by atoms with E-state index in [1.807, 2.05) is 6.07 Å². The number of pyridine rings is 1. The molecule has 0 radical (unpaired) electrons. The van der Waals surface area contributed by atoms with Gasteiger partial charge in [-0.25, -0.2) is 4.98 Å². The van der Waals surface area contributed by atoms with Gasteiger partial charge in [-0.15, -0.1) is 0 Å². The number of ether oxygens (including phenoxy) is 1. The number of nitrogens with zero attached hydrogens (tertiary/aromatic N) is 2. The number of aromatic nitrogens is 2. The summed E-state index contributed by atoms with van der Waals surface area (Å²) in [7, 11) is 0. The zero-order valence-electron chi connectivity index (χ0n) is 16.2. The van der Waals surface area contributed by atoms with Crippen LogP contribution in [0.5, 0.6) is 5.75 Å². The molecule has 2 atom stereocenters. The highest BCUT2D eigenvalue weighted by molar-refractivity contribution is 5.95. The molecule has 2 heterocycles. The number of rotatable bonds is 8. The number of aliphatic hydroxyl groups is 3. The second-order valence-corrected chi connectivity index (χ2v) is 7.44. The van der Waals surface area contributed by atoms with Crippen LogP contribution in [0.1, 0.15) is 48.3 Å². The standard InChI is InChI=1S/C20H29N3O5/c1-13-18(20(27)22-15(10-24)16(26)11-25)23-9-5-8-17(19(23)21-13)28-12-14-6-3-2-4-7-14/h5,8-9,14-16,24-26H,2-4,6-7,10-12H2,1H3,(H,22,27). The number of carbonyl (C=O) groups excluding carboxylic acids is 1. The molecule has 2 aromatic heterocycles. The number of nitrogens with one attached hydrogen (secondary N) is 1. The zero-order chi connectivity index (χ0) is 20.1. The molecule has 1 saturated carbocycles. The topological polar surface area (TPSA) is 116 Å². The van der Waals surface area contributed by atoms with Gasteiger partial charge in [0.2, 0.25) is 0 Å². The molecule has 8 heteroatoms. The van der Waals surface area contributed by atoms with Crippen molar-refractivity contribution in [2.24, 2.45) is 5.92 Å². The maximum atomic E-state index is 12.7. The average Bonchev–Trinajstić information content (AvgIpc) is 3.06. The van der Waals surface area contributed by atoms with E-state index < -0.39 is 31.3 Å². The molecular formula is C20H29N3O5. The van der Waals surface area contributed by atoms with Crippen LogP contribution in [-0.2, 0) is 0 Å². The first-order valence-electron chi connectivity index (χ1n) is 9.86. The summed E-state index contributed by atoms with van der Waals surface area (Å²) in [6.45, 7) is 1.32. The third kappa shape index (κ3) is 4.45. The molecule has 1 aliphatic rings. The number of hydrogen-bond donors (Lipinski definition) is 4. The van der Waals surface area contributed by atoms with Gasteiger partial charge >= 0.3 is 0 Å². The molecular weight excluding hydrogens is 362 g/mol. The summed E-state index contributed by atoms with van der Waals surface area (Å²) in [6.07, 6.45) is 6.63. The van der Waals surface area contributed by atoms with Crippen molar-refractivity contribution < 1.29 is 24.9 Å². The Morgan fingerprint density at radius 3 is 2.75 bits per heavy atom. The van der Waals surface area contributed by atoms with Gasteiger partial charge in [-0.2, -0.15) is 0 Å². The van der Waals surface area contributed by atoms with Crippen molar-refractivity contribution in [1.29, 1.82) is 0 Å². The molecule has 0 aromatic carbocycles. The minimum atomic E-state index is -1.25. The number of aryl methyl sites for hydroxylation is 1. The predicted octanol–water partition coefficient (Wildman–Crippen LogP) is 1.05. The van der Waals surface area contributed by atoms with Crippen LogP contribution < -0.4 is 10.1 Å². The molecule has 1 fully saturated rings. The molecule has 8 nitrogen and oxygen atoms in total. The Balaban J connectivity index is 1.80. The van der Waals surface area contributed by atoms with E-state index in [9.17, 15) is 15.0 Å². The van der Waals surface area contributed by atoms with E-state index in [1.165, 1.54) is 32.1 Å². The molecule has 2 aromatic rings. The van der Waals surface area contributed by atoms with Crippen LogP contribution in [0.3, 0.4) is 0 Å². The molecule has 154 valence electrons. The Bertz CT molecular complexity index is 800. The van der Waals surface area contributed by atoms with Crippen LogP contribution in [0.15, 0.2) is 18.3 Å². The van der Waals surface area contributed by atoms with Gasteiger partial charge in [0.1, 0.15) is 5.69 Å². The highest BCUT2D eigenvalue weighted by atomic mass is 16.5. The Morgan fingerprint density at radius 1 is 1.32 bits per heavy atom. The SMILES string of the molecule is Cc1nc2c(OCC3CCCCC3)cccn2c1C(=O)NC(CO)C(O)CO. The lowest BCUT2D eigenvalue weighted by Gasteiger charge is -2.21. The Kier molecular flexibility index (Phi) is 6.88. The summed E-state index contributed by atoms with van der Waals surface area (Å²) in [5.74, 6) is 0.698. The lowest BCUT2D eigenvalue weighted by molar-refractivity contribution is 0.0387. The highest BCUT2D eigenvalue weighted by Gasteiger charge is 2.25. The van der Waals surface area contributed by atoms with Crippen molar-refractivity contribution in [3.63, 3.8) is 0 Å². The minimum absolute atomic E-state index is 0.307. The van der Waals surface area contributed by atoms with Gasteiger partial charge in [0.05, 0.1) is 37.7 Å². The van der Waals surface area contributed by atoms with Crippen molar-refractivity contribution >= 4 is 11.6 Å². The van der Waals surface area contributed by atoms with Crippen LogP contribution in [0.2, 0.25) is 0 Å². The van der Waals surface area contributed by atoms with Crippen molar-refractivity contribution in [2.75, 3.05) is 19.8 Å². The number of imidazole rings is 1. The average molecular weight is 391 g/mol. The lowest BCUT2D eigenvalue weighted by atomic mass is 9.90. The third-order valence-corrected chi connectivity index (χ3v) is 5.37. The van der Waals surface area contributed by atoms with E-state index in [2.05, 4.69) is 10.3 Å². The van der Waals surface area contributed by atoms with Gasteiger partial charge in [-0.05, 0) is 37.8 Å². The molecule has 0 aliphatic heterocycles. The van der Waals surface area contributed by atoms with Crippen LogP contribution in [0.4, 0.5) is 0 Å². The summed E-state index contributed by atoms with van der Waals surface area (Å²) >= 11 is 0. The summed E-state index contributed by atoms with van der Waals surface area (Å²) in [4.78, 5) is 17.2. The fourth-order valence-electron chi connectivity index (χ4n) is 3.73. The molecule has 2 unspecified atom stereocenters. The summed E-state index contributed by atoms with van der Waals surface area (Å²) in [6, 6.07) is 2.68. The number of fused-ring (bicyclic) bond motifs is 1. The normalized spacial score (nSPS) is 17.4.